The normalized spacial score (nSPS) is 12.9. The topological polar surface area (TPSA) is 74.0 Å². The zero-order valence-corrected chi connectivity index (χ0v) is 17.3. The average molecular weight is 416 g/mol. The van der Waals surface area contributed by atoms with Gasteiger partial charge in [-0.15, -0.1) is 0 Å². The molecule has 0 unspecified atom stereocenters. The van der Waals surface area contributed by atoms with Crippen LogP contribution in [0.25, 0.3) is 22.6 Å². The maximum atomic E-state index is 12.8. The summed E-state index contributed by atoms with van der Waals surface area (Å²) in [6.07, 6.45) is 0. The third-order valence-electron chi connectivity index (χ3n) is 5.42. The molecule has 1 aromatic heterocycles. The number of fused-ring (bicyclic) bond motifs is 2. The van der Waals surface area contributed by atoms with Crippen molar-refractivity contribution in [3.05, 3.63) is 65.7 Å². The fourth-order valence-corrected chi connectivity index (χ4v) is 3.87. The zero-order valence-electron chi connectivity index (χ0n) is 17.3. The van der Waals surface area contributed by atoms with E-state index >= 15 is 0 Å². The standard InChI is InChI=1S/C24H20N2O5/c1-28-20-10-15(11-21(29-2)22(20)30-3)23-25-18-9-8-16(12-19(18)31-23)26-13-14-6-4-5-7-17(14)24(26)27/h4-12H,13H2,1-3H3. The number of benzene rings is 3. The van der Waals surface area contributed by atoms with Crippen molar-refractivity contribution in [1.82, 2.24) is 4.98 Å². The lowest BCUT2D eigenvalue weighted by atomic mass is 10.1. The van der Waals surface area contributed by atoms with Crippen LogP contribution >= 0.6 is 0 Å². The number of aromatic nitrogens is 1. The second-order valence-corrected chi connectivity index (χ2v) is 7.13. The summed E-state index contributed by atoms with van der Waals surface area (Å²) in [5.74, 6) is 1.93. The van der Waals surface area contributed by atoms with Gasteiger partial charge >= 0.3 is 0 Å². The molecule has 0 spiro atoms. The fourth-order valence-electron chi connectivity index (χ4n) is 3.87. The van der Waals surface area contributed by atoms with E-state index in [9.17, 15) is 4.79 Å². The van der Waals surface area contributed by atoms with Crippen LogP contribution in [0.3, 0.4) is 0 Å². The number of methoxy groups -OCH3 is 3. The van der Waals surface area contributed by atoms with E-state index in [0.29, 0.717) is 46.3 Å². The Bertz CT molecular complexity index is 1290. The molecule has 0 saturated carbocycles. The molecule has 0 saturated heterocycles. The number of carbonyl (C=O) groups excluding carboxylic acids is 1. The number of nitrogens with zero attached hydrogens (tertiary/aromatic N) is 2. The van der Waals surface area contributed by atoms with E-state index < -0.39 is 0 Å². The van der Waals surface area contributed by atoms with E-state index in [2.05, 4.69) is 4.98 Å². The Hall–Kier alpha value is -4.00. The van der Waals surface area contributed by atoms with Gasteiger partial charge in [0.05, 0.1) is 27.9 Å². The van der Waals surface area contributed by atoms with Crippen LogP contribution < -0.4 is 19.1 Å². The summed E-state index contributed by atoms with van der Waals surface area (Å²) in [4.78, 5) is 19.1. The number of hydrogen-bond acceptors (Lipinski definition) is 6. The molecule has 4 aromatic rings. The van der Waals surface area contributed by atoms with Crippen LogP contribution in [-0.2, 0) is 6.54 Å². The lowest BCUT2D eigenvalue weighted by Gasteiger charge is -2.15. The first-order chi connectivity index (χ1) is 15.1. The third-order valence-corrected chi connectivity index (χ3v) is 5.42. The van der Waals surface area contributed by atoms with Crippen LogP contribution in [0.15, 0.2) is 59.0 Å². The van der Waals surface area contributed by atoms with Crippen LogP contribution in [0.2, 0.25) is 0 Å². The summed E-state index contributed by atoms with van der Waals surface area (Å²) < 4.78 is 22.3. The summed E-state index contributed by atoms with van der Waals surface area (Å²) in [6.45, 7) is 0.536. The molecular formula is C24H20N2O5. The minimum absolute atomic E-state index is 0.0145. The van der Waals surface area contributed by atoms with Gasteiger partial charge in [-0.25, -0.2) is 4.98 Å². The lowest BCUT2D eigenvalue weighted by molar-refractivity contribution is 0.0996. The van der Waals surface area contributed by atoms with Crippen molar-refractivity contribution in [2.45, 2.75) is 6.54 Å². The molecule has 0 atom stereocenters. The highest BCUT2D eigenvalue weighted by Crippen LogP contribution is 2.41. The van der Waals surface area contributed by atoms with Crippen molar-refractivity contribution in [3.63, 3.8) is 0 Å². The maximum Gasteiger partial charge on any atom is 0.258 e. The van der Waals surface area contributed by atoms with E-state index in [1.807, 2.05) is 42.5 Å². The quantitative estimate of drug-likeness (QED) is 0.470. The largest absolute Gasteiger partial charge is 0.493 e. The predicted octanol–water partition coefficient (Wildman–Crippen LogP) is 4.68. The molecule has 1 amide bonds. The molecule has 1 aliphatic rings. The smallest absolute Gasteiger partial charge is 0.258 e. The Morgan fingerprint density at radius 1 is 0.935 bits per heavy atom. The fraction of sp³-hybridized carbons (Fsp3) is 0.167. The average Bonchev–Trinajstić information content (AvgIpc) is 3.38. The van der Waals surface area contributed by atoms with Crippen molar-refractivity contribution >= 4 is 22.7 Å². The summed E-state index contributed by atoms with van der Waals surface area (Å²) in [5, 5.41) is 0. The van der Waals surface area contributed by atoms with Crippen LogP contribution in [0.4, 0.5) is 5.69 Å². The molecule has 0 radical (unpaired) electrons. The molecule has 2 heterocycles. The molecule has 31 heavy (non-hydrogen) atoms. The van der Waals surface area contributed by atoms with Crippen LogP contribution in [0.5, 0.6) is 17.2 Å². The highest BCUT2D eigenvalue weighted by Gasteiger charge is 2.28. The van der Waals surface area contributed by atoms with Crippen LogP contribution in [0.1, 0.15) is 15.9 Å². The van der Waals surface area contributed by atoms with Gasteiger partial charge in [-0.05, 0) is 35.9 Å². The van der Waals surface area contributed by atoms with Crippen molar-refractivity contribution in [3.8, 4) is 28.7 Å². The number of oxazole rings is 1. The molecule has 0 bridgehead atoms. The minimum Gasteiger partial charge on any atom is -0.493 e. The van der Waals surface area contributed by atoms with Crippen molar-refractivity contribution in [2.75, 3.05) is 26.2 Å². The van der Waals surface area contributed by atoms with Gasteiger partial charge in [0.1, 0.15) is 5.52 Å². The Balaban J connectivity index is 1.53. The lowest BCUT2D eigenvalue weighted by Crippen LogP contribution is -2.22. The first-order valence-electron chi connectivity index (χ1n) is 9.73. The molecule has 0 aliphatic carbocycles. The number of rotatable bonds is 5. The van der Waals surface area contributed by atoms with Gasteiger partial charge < -0.3 is 23.5 Å². The number of hydrogen-bond donors (Lipinski definition) is 0. The Labute approximate surface area is 178 Å². The number of anilines is 1. The maximum absolute atomic E-state index is 12.8. The van der Waals surface area contributed by atoms with Gasteiger partial charge in [0, 0.05) is 22.9 Å². The first kappa shape index (κ1) is 19.0. The summed E-state index contributed by atoms with van der Waals surface area (Å²) in [7, 11) is 4.67. The Kier molecular flexibility index (Phi) is 4.51. The van der Waals surface area contributed by atoms with Gasteiger partial charge in [-0.2, -0.15) is 0 Å². The molecule has 7 heteroatoms. The summed E-state index contributed by atoms with van der Waals surface area (Å²) >= 11 is 0. The predicted molar refractivity (Wildman–Crippen MR) is 116 cm³/mol. The molecular weight excluding hydrogens is 396 g/mol. The summed E-state index contributed by atoms with van der Waals surface area (Å²) in [6, 6.07) is 16.8. The Morgan fingerprint density at radius 3 is 2.35 bits per heavy atom. The molecule has 0 fully saturated rings. The van der Waals surface area contributed by atoms with Crippen molar-refractivity contribution in [1.29, 1.82) is 0 Å². The molecule has 0 N–H and O–H groups in total. The SMILES string of the molecule is COc1cc(-c2nc3ccc(N4Cc5ccccc5C4=O)cc3o2)cc(OC)c1OC. The minimum atomic E-state index is -0.0145. The zero-order chi connectivity index (χ0) is 21.5. The van der Waals surface area contributed by atoms with Crippen molar-refractivity contribution < 1.29 is 23.4 Å². The molecule has 156 valence electrons. The number of ether oxygens (including phenoxy) is 3. The third kappa shape index (κ3) is 3.06. The molecule has 1 aliphatic heterocycles. The van der Waals surface area contributed by atoms with Crippen molar-refractivity contribution in [2.24, 2.45) is 0 Å². The summed E-state index contributed by atoms with van der Waals surface area (Å²) in [5.41, 5.74) is 4.49. The van der Waals surface area contributed by atoms with E-state index in [1.54, 1.807) is 38.4 Å². The van der Waals surface area contributed by atoms with Gasteiger partial charge in [-0.1, -0.05) is 18.2 Å². The second kappa shape index (κ2) is 7.36. The molecule has 7 nitrogen and oxygen atoms in total. The van der Waals surface area contributed by atoms with Crippen LogP contribution in [-0.4, -0.2) is 32.2 Å². The molecule has 5 rings (SSSR count). The van der Waals surface area contributed by atoms with Gasteiger partial charge in [0.25, 0.3) is 5.91 Å². The highest BCUT2D eigenvalue weighted by atomic mass is 16.5. The van der Waals surface area contributed by atoms with Gasteiger partial charge in [-0.3, -0.25) is 4.79 Å². The van der Waals surface area contributed by atoms with E-state index in [-0.39, 0.29) is 5.91 Å². The van der Waals surface area contributed by atoms with Gasteiger partial charge in [0.15, 0.2) is 17.1 Å². The first-order valence-corrected chi connectivity index (χ1v) is 9.73. The van der Waals surface area contributed by atoms with E-state index in [1.165, 1.54) is 0 Å². The number of carbonyl (C=O) groups is 1. The molecule has 3 aromatic carbocycles. The Morgan fingerprint density at radius 2 is 1.68 bits per heavy atom. The second-order valence-electron chi connectivity index (χ2n) is 7.13. The van der Waals surface area contributed by atoms with Gasteiger partial charge in [0.2, 0.25) is 11.6 Å². The van der Waals surface area contributed by atoms with Crippen LogP contribution in [0, 0.1) is 0 Å². The monoisotopic (exact) mass is 416 g/mol. The highest BCUT2D eigenvalue weighted by molar-refractivity contribution is 6.10. The number of amides is 1. The van der Waals surface area contributed by atoms with E-state index in [0.717, 1.165) is 16.8 Å². The van der Waals surface area contributed by atoms with E-state index in [4.69, 9.17) is 18.6 Å².